The first-order chi connectivity index (χ1) is 13.4. The SMILES string of the molecule is Cc1cc(NC(=O)CSc2nnc(-c3ccncc3)n2CC(C)C)ccc1Br. The molecule has 0 fully saturated rings. The van der Waals surface area contributed by atoms with Gasteiger partial charge in [-0.2, -0.15) is 0 Å². The molecular formula is C20H22BrN5OS. The van der Waals surface area contributed by atoms with Gasteiger partial charge in [-0.3, -0.25) is 9.78 Å². The van der Waals surface area contributed by atoms with Gasteiger partial charge in [-0.1, -0.05) is 41.5 Å². The number of amides is 1. The number of aromatic nitrogens is 4. The van der Waals surface area contributed by atoms with Gasteiger partial charge >= 0.3 is 0 Å². The van der Waals surface area contributed by atoms with Crippen LogP contribution in [0.25, 0.3) is 11.4 Å². The number of thioether (sulfide) groups is 1. The molecule has 0 aliphatic carbocycles. The van der Waals surface area contributed by atoms with Crippen LogP contribution < -0.4 is 5.32 Å². The van der Waals surface area contributed by atoms with Crippen LogP contribution in [0.3, 0.4) is 0 Å². The molecule has 0 aliphatic heterocycles. The van der Waals surface area contributed by atoms with E-state index >= 15 is 0 Å². The predicted octanol–water partition coefficient (Wildman–Crippen LogP) is 4.80. The van der Waals surface area contributed by atoms with Gasteiger partial charge in [0.25, 0.3) is 0 Å². The third-order valence-electron chi connectivity index (χ3n) is 3.98. The standard InChI is InChI=1S/C20H22BrN5OS/c1-13(2)11-26-19(15-6-8-22-9-7-15)24-25-20(26)28-12-18(27)23-16-4-5-17(21)14(3)10-16/h4-10,13H,11-12H2,1-3H3,(H,23,27). The predicted molar refractivity (Wildman–Crippen MR) is 116 cm³/mol. The van der Waals surface area contributed by atoms with Gasteiger partial charge in [0, 0.05) is 34.7 Å². The molecule has 3 aromatic rings. The van der Waals surface area contributed by atoms with E-state index in [0.717, 1.165) is 38.8 Å². The molecular weight excluding hydrogens is 438 g/mol. The summed E-state index contributed by atoms with van der Waals surface area (Å²) in [5.74, 6) is 1.41. The van der Waals surface area contributed by atoms with Crippen molar-refractivity contribution in [1.82, 2.24) is 19.7 Å². The molecule has 0 aliphatic rings. The van der Waals surface area contributed by atoms with Crippen LogP contribution >= 0.6 is 27.7 Å². The molecule has 0 saturated carbocycles. The van der Waals surface area contributed by atoms with Crippen molar-refractivity contribution in [2.45, 2.75) is 32.5 Å². The minimum atomic E-state index is -0.0729. The molecule has 1 aromatic carbocycles. The summed E-state index contributed by atoms with van der Waals surface area (Å²) in [6.07, 6.45) is 3.48. The number of pyridine rings is 1. The monoisotopic (exact) mass is 459 g/mol. The maximum atomic E-state index is 12.4. The molecule has 1 N–H and O–H groups in total. The number of benzene rings is 1. The topological polar surface area (TPSA) is 72.7 Å². The summed E-state index contributed by atoms with van der Waals surface area (Å²) in [4.78, 5) is 16.4. The highest BCUT2D eigenvalue weighted by Gasteiger charge is 2.16. The Morgan fingerprint density at radius 1 is 1.21 bits per heavy atom. The Labute approximate surface area is 177 Å². The Morgan fingerprint density at radius 3 is 2.64 bits per heavy atom. The van der Waals surface area contributed by atoms with Crippen molar-refractivity contribution in [3.8, 4) is 11.4 Å². The van der Waals surface area contributed by atoms with Crippen molar-refractivity contribution in [3.05, 3.63) is 52.8 Å². The summed E-state index contributed by atoms with van der Waals surface area (Å²) in [7, 11) is 0. The summed E-state index contributed by atoms with van der Waals surface area (Å²) in [6.45, 7) is 7.06. The summed E-state index contributed by atoms with van der Waals surface area (Å²) in [5.41, 5.74) is 2.82. The number of hydrogen-bond acceptors (Lipinski definition) is 5. The molecule has 146 valence electrons. The fraction of sp³-hybridized carbons (Fsp3) is 0.300. The van der Waals surface area contributed by atoms with E-state index in [0.29, 0.717) is 5.92 Å². The van der Waals surface area contributed by atoms with E-state index in [1.54, 1.807) is 12.4 Å². The Hall–Kier alpha value is -2.19. The van der Waals surface area contributed by atoms with Crippen LogP contribution in [0.15, 0.2) is 52.4 Å². The van der Waals surface area contributed by atoms with Crippen molar-refractivity contribution in [3.63, 3.8) is 0 Å². The molecule has 3 rings (SSSR count). The third-order valence-corrected chi connectivity index (χ3v) is 5.83. The van der Waals surface area contributed by atoms with Gasteiger partial charge < -0.3 is 9.88 Å². The number of rotatable bonds is 7. The molecule has 0 bridgehead atoms. The summed E-state index contributed by atoms with van der Waals surface area (Å²) < 4.78 is 3.09. The molecule has 28 heavy (non-hydrogen) atoms. The second-order valence-corrected chi connectivity index (χ2v) is 8.64. The van der Waals surface area contributed by atoms with Crippen molar-refractivity contribution >= 4 is 39.3 Å². The van der Waals surface area contributed by atoms with Crippen LogP contribution in [0, 0.1) is 12.8 Å². The van der Waals surface area contributed by atoms with Gasteiger partial charge in [0.15, 0.2) is 11.0 Å². The van der Waals surface area contributed by atoms with E-state index in [-0.39, 0.29) is 11.7 Å². The first-order valence-electron chi connectivity index (χ1n) is 8.96. The van der Waals surface area contributed by atoms with Crippen LogP contribution in [0.5, 0.6) is 0 Å². The van der Waals surface area contributed by atoms with E-state index in [9.17, 15) is 4.79 Å². The molecule has 2 heterocycles. The molecule has 6 nitrogen and oxygen atoms in total. The number of anilines is 1. The maximum Gasteiger partial charge on any atom is 0.234 e. The first-order valence-corrected chi connectivity index (χ1v) is 10.7. The quantitative estimate of drug-likeness (QED) is 0.513. The van der Waals surface area contributed by atoms with Crippen LogP contribution in [0.4, 0.5) is 5.69 Å². The molecule has 2 aromatic heterocycles. The lowest BCUT2D eigenvalue weighted by molar-refractivity contribution is -0.113. The van der Waals surface area contributed by atoms with Crippen molar-refractivity contribution in [2.24, 2.45) is 5.92 Å². The van der Waals surface area contributed by atoms with Crippen LogP contribution in [0.1, 0.15) is 19.4 Å². The van der Waals surface area contributed by atoms with E-state index in [1.807, 2.05) is 37.3 Å². The highest BCUT2D eigenvalue weighted by atomic mass is 79.9. The number of carbonyl (C=O) groups excluding carboxylic acids is 1. The highest BCUT2D eigenvalue weighted by Crippen LogP contribution is 2.25. The Bertz CT molecular complexity index is 958. The molecule has 0 radical (unpaired) electrons. The average molecular weight is 460 g/mol. The lowest BCUT2D eigenvalue weighted by Crippen LogP contribution is -2.15. The second-order valence-electron chi connectivity index (χ2n) is 6.85. The fourth-order valence-electron chi connectivity index (χ4n) is 2.69. The van der Waals surface area contributed by atoms with Crippen molar-refractivity contribution < 1.29 is 4.79 Å². The van der Waals surface area contributed by atoms with Gasteiger partial charge in [0.1, 0.15) is 0 Å². The van der Waals surface area contributed by atoms with Crippen molar-refractivity contribution in [1.29, 1.82) is 0 Å². The number of carbonyl (C=O) groups is 1. The van der Waals surface area contributed by atoms with Gasteiger partial charge in [-0.05, 0) is 48.7 Å². The lowest BCUT2D eigenvalue weighted by atomic mass is 10.2. The van der Waals surface area contributed by atoms with Gasteiger partial charge in [0.2, 0.25) is 5.91 Å². The molecule has 0 unspecified atom stereocenters. The molecule has 1 amide bonds. The number of hydrogen-bond donors (Lipinski definition) is 1. The van der Waals surface area contributed by atoms with Crippen LogP contribution in [-0.2, 0) is 11.3 Å². The zero-order valence-electron chi connectivity index (χ0n) is 16.0. The van der Waals surface area contributed by atoms with E-state index < -0.39 is 0 Å². The molecule has 0 spiro atoms. The van der Waals surface area contributed by atoms with E-state index in [1.165, 1.54) is 11.8 Å². The Morgan fingerprint density at radius 2 is 1.96 bits per heavy atom. The number of aryl methyl sites for hydroxylation is 1. The van der Waals surface area contributed by atoms with Gasteiger partial charge in [-0.15, -0.1) is 10.2 Å². The van der Waals surface area contributed by atoms with Gasteiger partial charge in [-0.25, -0.2) is 0 Å². The summed E-state index contributed by atoms with van der Waals surface area (Å²) in [5, 5.41) is 12.3. The van der Waals surface area contributed by atoms with E-state index in [4.69, 9.17) is 0 Å². The van der Waals surface area contributed by atoms with Crippen molar-refractivity contribution in [2.75, 3.05) is 11.1 Å². The fourth-order valence-corrected chi connectivity index (χ4v) is 3.68. The number of nitrogens with zero attached hydrogens (tertiary/aromatic N) is 4. The zero-order valence-corrected chi connectivity index (χ0v) is 18.4. The maximum absolute atomic E-state index is 12.4. The Balaban J connectivity index is 1.72. The van der Waals surface area contributed by atoms with Crippen LogP contribution in [0.2, 0.25) is 0 Å². The lowest BCUT2D eigenvalue weighted by Gasteiger charge is -2.12. The van der Waals surface area contributed by atoms with Gasteiger partial charge in [0.05, 0.1) is 5.75 Å². The minimum Gasteiger partial charge on any atom is -0.325 e. The first kappa shape index (κ1) is 20.5. The Kier molecular flexibility index (Phi) is 6.85. The molecule has 8 heteroatoms. The summed E-state index contributed by atoms with van der Waals surface area (Å²) in [6, 6.07) is 9.58. The smallest absolute Gasteiger partial charge is 0.234 e. The normalized spacial score (nSPS) is 11.0. The third kappa shape index (κ3) is 5.20. The van der Waals surface area contributed by atoms with Crippen LogP contribution in [-0.4, -0.2) is 31.4 Å². The van der Waals surface area contributed by atoms with E-state index in [2.05, 4.69) is 54.8 Å². The number of nitrogens with one attached hydrogen (secondary N) is 1. The largest absolute Gasteiger partial charge is 0.325 e. The number of halogens is 1. The average Bonchev–Trinajstić information content (AvgIpc) is 3.05. The highest BCUT2D eigenvalue weighted by molar-refractivity contribution is 9.10. The molecule has 0 saturated heterocycles. The summed E-state index contributed by atoms with van der Waals surface area (Å²) >= 11 is 4.86. The second kappa shape index (κ2) is 9.34. The molecule has 0 atom stereocenters. The minimum absolute atomic E-state index is 0.0729. The zero-order chi connectivity index (χ0) is 20.1.